The Balaban J connectivity index is 1.51. The molecule has 7 heteroatoms. The molecule has 0 aliphatic carbocycles. The summed E-state index contributed by atoms with van der Waals surface area (Å²) in [4.78, 5) is 22.3. The van der Waals surface area contributed by atoms with Crippen LogP contribution in [0.3, 0.4) is 0 Å². The molecule has 1 N–H and O–H groups in total. The third-order valence-electron chi connectivity index (χ3n) is 4.57. The van der Waals surface area contributed by atoms with Gasteiger partial charge in [-0.25, -0.2) is 4.98 Å². The van der Waals surface area contributed by atoms with E-state index < -0.39 is 0 Å². The van der Waals surface area contributed by atoms with Crippen molar-refractivity contribution in [3.05, 3.63) is 57.6 Å². The summed E-state index contributed by atoms with van der Waals surface area (Å²) in [6.07, 6.45) is 2.36. The Morgan fingerprint density at radius 3 is 2.88 bits per heavy atom. The molecule has 0 saturated carbocycles. The predicted molar refractivity (Wildman–Crippen MR) is 95.6 cm³/mol. The lowest BCUT2D eigenvalue weighted by molar-refractivity contribution is 0.233. The van der Waals surface area contributed by atoms with Gasteiger partial charge in [0, 0.05) is 37.5 Å². The molecule has 0 bridgehead atoms. The highest BCUT2D eigenvalue weighted by molar-refractivity contribution is 5.49. The number of fused-ring (bicyclic) bond motifs is 1. The molecular weight excluding hydrogens is 332 g/mol. The first-order valence-electron chi connectivity index (χ1n) is 8.74. The molecule has 4 heterocycles. The van der Waals surface area contributed by atoms with Gasteiger partial charge in [-0.3, -0.25) is 9.69 Å². The van der Waals surface area contributed by atoms with Crippen LogP contribution in [0.5, 0.6) is 0 Å². The number of nitrogens with zero attached hydrogens (tertiary/aromatic N) is 3. The van der Waals surface area contributed by atoms with Crippen LogP contribution in [0.4, 0.5) is 0 Å². The normalized spacial score (nSPS) is 15.2. The van der Waals surface area contributed by atoms with Crippen molar-refractivity contribution in [1.29, 1.82) is 0 Å². The fourth-order valence-electron chi connectivity index (χ4n) is 3.12. The SMILES string of the molecule is CC(C)(C)c1nc2c(c(=O)[nH]1)CN(Cc1cc(-c3ccco3)on1)CC2. The van der Waals surface area contributed by atoms with Gasteiger partial charge in [-0.05, 0) is 12.1 Å². The van der Waals surface area contributed by atoms with Crippen LogP contribution in [0, 0.1) is 0 Å². The van der Waals surface area contributed by atoms with Gasteiger partial charge in [0.1, 0.15) is 5.82 Å². The predicted octanol–water partition coefficient (Wildman–Crippen LogP) is 2.87. The maximum atomic E-state index is 12.5. The summed E-state index contributed by atoms with van der Waals surface area (Å²) in [6, 6.07) is 5.52. The first-order valence-corrected chi connectivity index (χ1v) is 8.74. The van der Waals surface area contributed by atoms with E-state index in [9.17, 15) is 4.79 Å². The van der Waals surface area contributed by atoms with Crippen molar-refractivity contribution in [2.75, 3.05) is 6.54 Å². The average Bonchev–Trinajstić information content (AvgIpc) is 3.25. The molecule has 26 heavy (non-hydrogen) atoms. The third kappa shape index (κ3) is 3.22. The Kier molecular flexibility index (Phi) is 4.03. The van der Waals surface area contributed by atoms with Crippen molar-refractivity contribution < 1.29 is 8.94 Å². The van der Waals surface area contributed by atoms with E-state index in [1.807, 2.05) is 39.0 Å². The molecule has 0 radical (unpaired) electrons. The minimum Gasteiger partial charge on any atom is -0.461 e. The molecule has 0 unspecified atom stereocenters. The zero-order valence-corrected chi connectivity index (χ0v) is 15.2. The van der Waals surface area contributed by atoms with Crippen molar-refractivity contribution in [1.82, 2.24) is 20.0 Å². The number of aromatic amines is 1. The maximum absolute atomic E-state index is 12.5. The molecule has 1 aliphatic rings. The van der Waals surface area contributed by atoms with Crippen LogP contribution >= 0.6 is 0 Å². The Bertz CT molecular complexity index is 964. The number of hydrogen-bond donors (Lipinski definition) is 1. The van der Waals surface area contributed by atoms with Gasteiger partial charge in [0.15, 0.2) is 5.76 Å². The summed E-state index contributed by atoms with van der Waals surface area (Å²) in [6.45, 7) is 8.15. The van der Waals surface area contributed by atoms with Crippen LogP contribution in [0.25, 0.3) is 11.5 Å². The summed E-state index contributed by atoms with van der Waals surface area (Å²) in [7, 11) is 0. The minimum absolute atomic E-state index is 0.0407. The standard InChI is InChI=1S/C19H22N4O3/c1-19(2,3)18-20-14-6-7-23(11-13(14)17(24)21-18)10-12-9-16(26-22-12)15-5-4-8-25-15/h4-5,8-9H,6-7,10-11H2,1-3H3,(H,20,21,24). The van der Waals surface area contributed by atoms with Crippen molar-refractivity contribution in [3.63, 3.8) is 0 Å². The zero-order chi connectivity index (χ0) is 18.3. The second-order valence-electron chi connectivity index (χ2n) is 7.71. The van der Waals surface area contributed by atoms with Gasteiger partial charge in [-0.15, -0.1) is 0 Å². The van der Waals surface area contributed by atoms with E-state index in [1.54, 1.807) is 6.26 Å². The van der Waals surface area contributed by atoms with E-state index in [0.29, 0.717) is 24.6 Å². The molecule has 0 spiro atoms. The molecule has 3 aromatic rings. The first kappa shape index (κ1) is 16.8. The highest BCUT2D eigenvalue weighted by Gasteiger charge is 2.25. The van der Waals surface area contributed by atoms with Gasteiger partial charge in [-0.2, -0.15) is 0 Å². The largest absolute Gasteiger partial charge is 0.461 e. The highest BCUT2D eigenvalue weighted by Crippen LogP contribution is 2.23. The van der Waals surface area contributed by atoms with Crippen LogP contribution in [-0.2, 0) is 24.9 Å². The second kappa shape index (κ2) is 6.25. The molecular formula is C19H22N4O3. The van der Waals surface area contributed by atoms with E-state index in [-0.39, 0.29) is 11.0 Å². The van der Waals surface area contributed by atoms with Gasteiger partial charge in [0.05, 0.1) is 23.2 Å². The Hall–Kier alpha value is -2.67. The average molecular weight is 354 g/mol. The first-order chi connectivity index (χ1) is 12.4. The number of H-pyrrole nitrogens is 1. The topological polar surface area (TPSA) is 88.2 Å². The van der Waals surface area contributed by atoms with Gasteiger partial charge < -0.3 is 13.9 Å². The molecule has 7 nitrogen and oxygen atoms in total. The molecule has 0 saturated heterocycles. The number of rotatable bonds is 3. The summed E-state index contributed by atoms with van der Waals surface area (Å²) >= 11 is 0. The van der Waals surface area contributed by atoms with Crippen LogP contribution in [0.1, 0.15) is 43.5 Å². The van der Waals surface area contributed by atoms with Crippen LogP contribution in [0.15, 0.2) is 38.2 Å². The van der Waals surface area contributed by atoms with E-state index in [2.05, 4.69) is 15.0 Å². The quantitative estimate of drug-likeness (QED) is 0.778. The second-order valence-corrected chi connectivity index (χ2v) is 7.71. The van der Waals surface area contributed by atoms with Crippen molar-refractivity contribution in [3.8, 4) is 11.5 Å². The Morgan fingerprint density at radius 2 is 2.15 bits per heavy atom. The number of aromatic nitrogens is 3. The van der Waals surface area contributed by atoms with Crippen molar-refractivity contribution in [2.45, 2.75) is 45.7 Å². The fraction of sp³-hybridized carbons (Fsp3) is 0.421. The van der Waals surface area contributed by atoms with E-state index in [1.165, 1.54) is 0 Å². The summed E-state index contributed by atoms with van der Waals surface area (Å²) in [5, 5.41) is 4.11. The zero-order valence-electron chi connectivity index (χ0n) is 15.2. The van der Waals surface area contributed by atoms with E-state index >= 15 is 0 Å². The van der Waals surface area contributed by atoms with E-state index in [4.69, 9.17) is 13.9 Å². The number of furan rings is 1. The molecule has 0 atom stereocenters. The molecule has 3 aromatic heterocycles. The van der Waals surface area contributed by atoms with Gasteiger partial charge in [0.25, 0.3) is 5.56 Å². The lowest BCUT2D eigenvalue weighted by Gasteiger charge is -2.28. The maximum Gasteiger partial charge on any atom is 0.255 e. The van der Waals surface area contributed by atoms with Crippen molar-refractivity contribution in [2.24, 2.45) is 0 Å². The molecule has 0 amide bonds. The summed E-state index contributed by atoms with van der Waals surface area (Å²) in [5.41, 5.74) is 2.26. The molecule has 0 aromatic carbocycles. The van der Waals surface area contributed by atoms with Gasteiger partial charge in [-0.1, -0.05) is 25.9 Å². The molecule has 136 valence electrons. The van der Waals surface area contributed by atoms with Crippen molar-refractivity contribution >= 4 is 0 Å². The number of nitrogens with one attached hydrogen (secondary N) is 1. The van der Waals surface area contributed by atoms with Crippen LogP contribution in [0.2, 0.25) is 0 Å². The fourth-order valence-corrected chi connectivity index (χ4v) is 3.12. The highest BCUT2D eigenvalue weighted by atomic mass is 16.5. The number of hydrogen-bond acceptors (Lipinski definition) is 6. The van der Waals surface area contributed by atoms with Crippen LogP contribution in [-0.4, -0.2) is 26.6 Å². The van der Waals surface area contributed by atoms with E-state index in [0.717, 1.165) is 35.7 Å². The molecule has 0 fully saturated rings. The van der Waals surface area contributed by atoms with Gasteiger partial charge in [0.2, 0.25) is 5.76 Å². The third-order valence-corrected chi connectivity index (χ3v) is 4.57. The molecule has 1 aliphatic heterocycles. The monoisotopic (exact) mass is 354 g/mol. The summed E-state index contributed by atoms with van der Waals surface area (Å²) < 4.78 is 10.7. The lowest BCUT2D eigenvalue weighted by Crippen LogP contribution is -2.37. The summed E-state index contributed by atoms with van der Waals surface area (Å²) in [5.74, 6) is 2.01. The Labute approximate surface area is 151 Å². The minimum atomic E-state index is -0.172. The Morgan fingerprint density at radius 1 is 1.31 bits per heavy atom. The molecule has 4 rings (SSSR count). The van der Waals surface area contributed by atoms with Crippen LogP contribution < -0.4 is 5.56 Å². The lowest BCUT2D eigenvalue weighted by atomic mass is 9.95. The van der Waals surface area contributed by atoms with Gasteiger partial charge >= 0.3 is 0 Å². The smallest absolute Gasteiger partial charge is 0.255 e.